The molecule has 0 aromatic heterocycles. The molecule has 0 saturated heterocycles. The summed E-state index contributed by atoms with van der Waals surface area (Å²) in [6.07, 6.45) is 0. The monoisotopic (exact) mass is 262 g/mol. The molecule has 2 amide bonds. The van der Waals surface area contributed by atoms with Gasteiger partial charge >= 0.3 is 12.0 Å². The van der Waals surface area contributed by atoms with Gasteiger partial charge in [-0.25, -0.2) is 9.59 Å². The molecule has 7 heteroatoms. The Kier molecular flexibility index (Phi) is 8.06. The van der Waals surface area contributed by atoms with Crippen molar-refractivity contribution in [2.45, 2.75) is 25.9 Å². The summed E-state index contributed by atoms with van der Waals surface area (Å²) in [4.78, 5) is 24.3. The van der Waals surface area contributed by atoms with Crippen LogP contribution in [0.1, 0.15) is 13.8 Å². The van der Waals surface area contributed by atoms with Gasteiger partial charge in [-0.05, 0) is 13.8 Å². The molecule has 106 valence electrons. The zero-order chi connectivity index (χ0) is 14.1. The number of amides is 2. The molecule has 2 N–H and O–H groups in total. The van der Waals surface area contributed by atoms with Gasteiger partial charge in [-0.1, -0.05) is 0 Å². The van der Waals surface area contributed by atoms with Crippen LogP contribution in [0.2, 0.25) is 0 Å². The van der Waals surface area contributed by atoms with Crippen molar-refractivity contribution in [2.75, 3.05) is 34.0 Å². The van der Waals surface area contributed by atoms with Gasteiger partial charge in [0.05, 0.1) is 13.2 Å². The average molecular weight is 262 g/mol. The fraction of sp³-hybridized carbons (Fsp3) is 0.818. The summed E-state index contributed by atoms with van der Waals surface area (Å²) in [5.74, 6) is -1.12. The van der Waals surface area contributed by atoms with E-state index in [4.69, 9.17) is 14.6 Å². The van der Waals surface area contributed by atoms with Crippen molar-refractivity contribution in [1.29, 1.82) is 0 Å². The number of carbonyl (C=O) groups excluding carboxylic acids is 1. The lowest BCUT2D eigenvalue weighted by molar-refractivity contribution is -0.140. The number of carboxylic acids is 1. The largest absolute Gasteiger partial charge is 0.480 e. The third-order valence-electron chi connectivity index (χ3n) is 2.35. The molecule has 0 aliphatic carbocycles. The van der Waals surface area contributed by atoms with Gasteiger partial charge in [0.25, 0.3) is 0 Å². The smallest absolute Gasteiger partial charge is 0.328 e. The Bertz CT molecular complexity index is 270. The van der Waals surface area contributed by atoms with Crippen molar-refractivity contribution in [3.05, 3.63) is 0 Å². The number of urea groups is 1. The summed E-state index contributed by atoms with van der Waals surface area (Å²) in [6.45, 7) is 4.42. The van der Waals surface area contributed by atoms with Gasteiger partial charge in [-0.3, -0.25) is 0 Å². The standard InChI is InChI=1S/C11H22N2O5/c1-8(2)13(5-6-17-3)11(16)12-9(7-18-4)10(14)15/h8-9H,5-7H2,1-4H3,(H,12,16)(H,14,15). The highest BCUT2D eigenvalue weighted by atomic mass is 16.5. The number of hydrogen-bond donors (Lipinski definition) is 2. The van der Waals surface area contributed by atoms with E-state index in [0.29, 0.717) is 13.2 Å². The third-order valence-corrected chi connectivity index (χ3v) is 2.35. The van der Waals surface area contributed by atoms with Crippen LogP contribution in [0.25, 0.3) is 0 Å². The maximum absolute atomic E-state index is 11.9. The topological polar surface area (TPSA) is 88.1 Å². The first kappa shape index (κ1) is 16.7. The summed E-state index contributed by atoms with van der Waals surface area (Å²) < 4.78 is 9.66. The summed E-state index contributed by atoms with van der Waals surface area (Å²) in [5, 5.41) is 11.3. The lowest BCUT2D eigenvalue weighted by Gasteiger charge is -2.28. The number of ether oxygens (including phenoxy) is 2. The zero-order valence-electron chi connectivity index (χ0n) is 11.3. The molecule has 0 rings (SSSR count). The molecule has 1 unspecified atom stereocenters. The summed E-state index contributed by atoms with van der Waals surface area (Å²) >= 11 is 0. The second kappa shape index (κ2) is 8.71. The van der Waals surface area contributed by atoms with Crippen molar-refractivity contribution in [1.82, 2.24) is 10.2 Å². The zero-order valence-corrected chi connectivity index (χ0v) is 11.3. The first-order valence-corrected chi connectivity index (χ1v) is 5.71. The molecule has 0 aliphatic heterocycles. The van der Waals surface area contributed by atoms with Crippen LogP contribution < -0.4 is 5.32 Å². The lowest BCUT2D eigenvalue weighted by Crippen LogP contribution is -2.52. The van der Waals surface area contributed by atoms with E-state index in [-0.39, 0.29) is 12.6 Å². The molecule has 1 atom stereocenters. The second-order valence-corrected chi connectivity index (χ2v) is 4.08. The van der Waals surface area contributed by atoms with Crippen molar-refractivity contribution in [3.63, 3.8) is 0 Å². The molecule has 0 spiro atoms. The maximum Gasteiger partial charge on any atom is 0.328 e. The molecule has 18 heavy (non-hydrogen) atoms. The van der Waals surface area contributed by atoms with E-state index in [2.05, 4.69) is 5.32 Å². The van der Waals surface area contributed by atoms with Crippen LogP contribution >= 0.6 is 0 Å². The quantitative estimate of drug-likeness (QED) is 0.650. The molecule has 0 heterocycles. The van der Waals surface area contributed by atoms with Gasteiger partial charge in [0, 0.05) is 26.8 Å². The number of nitrogens with one attached hydrogen (secondary N) is 1. The molecule has 0 saturated carbocycles. The molecule has 7 nitrogen and oxygen atoms in total. The number of carbonyl (C=O) groups is 2. The number of methoxy groups -OCH3 is 2. The highest BCUT2D eigenvalue weighted by Gasteiger charge is 2.24. The third kappa shape index (κ3) is 5.83. The normalized spacial score (nSPS) is 12.3. The van der Waals surface area contributed by atoms with Crippen LogP contribution in [0.4, 0.5) is 4.79 Å². The lowest BCUT2D eigenvalue weighted by atomic mass is 10.3. The second-order valence-electron chi connectivity index (χ2n) is 4.08. The van der Waals surface area contributed by atoms with Crippen LogP contribution in [0.3, 0.4) is 0 Å². The van der Waals surface area contributed by atoms with Crippen molar-refractivity contribution in [2.24, 2.45) is 0 Å². The highest BCUT2D eigenvalue weighted by molar-refractivity contribution is 5.82. The first-order chi connectivity index (χ1) is 8.43. The minimum Gasteiger partial charge on any atom is -0.480 e. The van der Waals surface area contributed by atoms with E-state index in [1.807, 2.05) is 13.8 Å². The van der Waals surface area contributed by atoms with Crippen LogP contribution in [-0.4, -0.2) is 68.1 Å². The van der Waals surface area contributed by atoms with Crippen molar-refractivity contribution in [3.8, 4) is 0 Å². The number of rotatable bonds is 8. The Morgan fingerprint density at radius 2 is 1.89 bits per heavy atom. The van der Waals surface area contributed by atoms with Gasteiger partial charge in [-0.2, -0.15) is 0 Å². The van der Waals surface area contributed by atoms with Crippen molar-refractivity contribution >= 4 is 12.0 Å². The van der Waals surface area contributed by atoms with E-state index in [9.17, 15) is 9.59 Å². The number of hydrogen-bond acceptors (Lipinski definition) is 4. The molecular weight excluding hydrogens is 240 g/mol. The van der Waals surface area contributed by atoms with Crippen LogP contribution in [-0.2, 0) is 14.3 Å². The summed E-state index contributed by atoms with van der Waals surface area (Å²) in [7, 11) is 2.93. The molecular formula is C11H22N2O5. The Hall–Kier alpha value is -1.34. The van der Waals surface area contributed by atoms with Crippen molar-refractivity contribution < 1.29 is 24.2 Å². The molecule has 0 bridgehead atoms. The van der Waals surface area contributed by atoms with E-state index in [1.165, 1.54) is 12.0 Å². The molecule has 0 aliphatic rings. The minimum atomic E-state index is -1.12. The number of nitrogens with zero attached hydrogens (tertiary/aromatic N) is 1. The van der Waals surface area contributed by atoms with Gasteiger partial charge in [-0.15, -0.1) is 0 Å². The van der Waals surface area contributed by atoms with E-state index in [1.54, 1.807) is 7.11 Å². The number of carboxylic acid groups (broad SMARTS) is 1. The Morgan fingerprint density at radius 3 is 2.28 bits per heavy atom. The van der Waals surface area contributed by atoms with Crippen LogP contribution in [0.15, 0.2) is 0 Å². The summed E-state index contributed by atoms with van der Waals surface area (Å²) in [6, 6.07) is -1.53. The average Bonchev–Trinajstić information content (AvgIpc) is 2.28. The SMILES string of the molecule is COCCN(C(=O)NC(COC)C(=O)O)C(C)C. The fourth-order valence-electron chi connectivity index (χ4n) is 1.36. The first-order valence-electron chi connectivity index (χ1n) is 5.71. The summed E-state index contributed by atoms with van der Waals surface area (Å²) in [5.41, 5.74) is 0. The minimum absolute atomic E-state index is 0.0443. The highest BCUT2D eigenvalue weighted by Crippen LogP contribution is 2.00. The fourth-order valence-corrected chi connectivity index (χ4v) is 1.36. The van der Waals surface area contributed by atoms with Crippen LogP contribution in [0, 0.1) is 0 Å². The molecule has 0 aromatic rings. The van der Waals surface area contributed by atoms with E-state index >= 15 is 0 Å². The Balaban J connectivity index is 4.51. The van der Waals surface area contributed by atoms with E-state index in [0.717, 1.165) is 0 Å². The Labute approximate surface area is 107 Å². The molecule has 0 fully saturated rings. The van der Waals surface area contributed by atoms with Crippen LogP contribution in [0.5, 0.6) is 0 Å². The Morgan fingerprint density at radius 1 is 1.28 bits per heavy atom. The maximum atomic E-state index is 11.9. The number of aliphatic carboxylic acids is 1. The molecule has 0 aromatic carbocycles. The van der Waals surface area contributed by atoms with E-state index < -0.39 is 18.0 Å². The van der Waals surface area contributed by atoms with Gasteiger partial charge in [0.2, 0.25) is 0 Å². The predicted molar refractivity (Wildman–Crippen MR) is 65.5 cm³/mol. The predicted octanol–water partition coefficient (Wildman–Crippen LogP) is 0.152. The molecule has 0 radical (unpaired) electrons. The van der Waals surface area contributed by atoms with Gasteiger partial charge in [0.15, 0.2) is 6.04 Å². The van der Waals surface area contributed by atoms with Gasteiger partial charge in [0.1, 0.15) is 0 Å². The van der Waals surface area contributed by atoms with Gasteiger partial charge < -0.3 is 24.8 Å².